The van der Waals surface area contributed by atoms with Gasteiger partial charge in [0.2, 0.25) is 0 Å². The molecule has 0 bridgehead atoms. The van der Waals surface area contributed by atoms with Crippen LogP contribution in [0.1, 0.15) is 5.56 Å². The molecule has 2 rings (SSSR count). The van der Waals surface area contributed by atoms with Crippen LogP contribution in [0.5, 0.6) is 0 Å². The predicted molar refractivity (Wildman–Crippen MR) is 90.8 cm³/mol. The standard InChI is InChI=1S/C14H12BrFN2S2/c15-11-3-1-10(2-4-11)7-8-19-18-13-6-5-12(16)9-14(13)20-17/h1-9,18H,17H2/b8-7+. The largest absolute Gasteiger partial charge is 0.325 e. The monoisotopic (exact) mass is 370 g/mol. The highest BCUT2D eigenvalue weighted by molar-refractivity contribution is 9.10. The minimum atomic E-state index is -0.293. The van der Waals surface area contributed by atoms with E-state index in [0.717, 1.165) is 27.7 Å². The molecule has 0 fully saturated rings. The highest BCUT2D eigenvalue weighted by Crippen LogP contribution is 2.27. The van der Waals surface area contributed by atoms with Crippen molar-refractivity contribution in [3.05, 3.63) is 63.7 Å². The number of nitrogens with one attached hydrogen (secondary N) is 1. The van der Waals surface area contributed by atoms with Gasteiger partial charge in [-0.2, -0.15) is 0 Å². The fourth-order valence-corrected chi connectivity index (χ4v) is 2.82. The minimum absolute atomic E-state index is 0.293. The van der Waals surface area contributed by atoms with E-state index in [-0.39, 0.29) is 5.82 Å². The third-order valence-corrected chi connectivity index (χ3v) is 4.17. The van der Waals surface area contributed by atoms with E-state index in [1.54, 1.807) is 6.07 Å². The molecule has 2 nitrogen and oxygen atoms in total. The molecule has 0 spiro atoms. The first-order chi connectivity index (χ1) is 9.69. The van der Waals surface area contributed by atoms with Crippen molar-refractivity contribution < 1.29 is 4.39 Å². The smallest absolute Gasteiger partial charge is 0.124 e. The van der Waals surface area contributed by atoms with E-state index < -0.39 is 0 Å². The Balaban J connectivity index is 1.94. The van der Waals surface area contributed by atoms with Crippen LogP contribution < -0.4 is 9.86 Å². The van der Waals surface area contributed by atoms with Gasteiger partial charge < -0.3 is 4.72 Å². The van der Waals surface area contributed by atoms with Crippen molar-refractivity contribution in [2.75, 3.05) is 4.72 Å². The maximum Gasteiger partial charge on any atom is 0.124 e. The van der Waals surface area contributed by atoms with Crippen molar-refractivity contribution in [2.24, 2.45) is 5.14 Å². The topological polar surface area (TPSA) is 38.0 Å². The lowest BCUT2D eigenvalue weighted by Gasteiger charge is -2.07. The fraction of sp³-hybridized carbons (Fsp3) is 0. The number of halogens is 2. The average molecular weight is 371 g/mol. The summed E-state index contributed by atoms with van der Waals surface area (Å²) in [6.45, 7) is 0. The van der Waals surface area contributed by atoms with Crippen LogP contribution in [0.15, 0.2) is 57.2 Å². The number of nitrogens with two attached hydrogens (primary N) is 1. The van der Waals surface area contributed by atoms with Crippen molar-refractivity contribution in [1.29, 1.82) is 0 Å². The normalized spacial score (nSPS) is 10.9. The first kappa shape index (κ1) is 15.4. The van der Waals surface area contributed by atoms with Gasteiger partial charge in [0.1, 0.15) is 5.82 Å². The first-order valence-corrected chi connectivity index (χ1v) is 8.24. The molecule has 0 atom stereocenters. The molecular weight excluding hydrogens is 359 g/mol. The first-order valence-electron chi connectivity index (χ1n) is 5.69. The van der Waals surface area contributed by atoms with E-state index in [1.807, 2.05) is 35.7 Å². The predicted octanol–water partition coefficient (Wildman–Crippen LogP) is 5.29. The molecule has 3 N–H and O–H groups in total. The Morgan fingerprint density at radius 2 is 1.90 bits per heavy atom. The molecular formula is C14H12BrFN2S2. The Bertz CT molecular complexity index is 603. The zero-order valence-electron chi connectivity index (χ0n) is 10.3. The summed E-state index contributed by atoms with van der Waals surface area (Å²) in [7, 11) is 0. The van der Waals surface area contributed by atoms with Crippen LogP contribution in [0.2, 0.25) is 0 Å². The van der Waals surface area contributed by atoms with Crippen molar-refractivity contribution in [3.63, 3.8) is 0 Å². The van der Waals surface area contributed by atoms with Crippen LogP contribution in [0.25, 0.3) is 6.08 Å². The van der Waals surface area contributed by atoms with Crippen molar-refractivity contribution in [3.8, 4) is 0 Å². The van der Waals surface area contributed by atoms with Crippen molar-refractivity contribution in [2.45, 2.75) is 4.90 Å². The molecule has 0 aliphatic rings. The molecule has 0 saturated heterocycles. The van der Waals surface area contributed by atoms with E-state index in [1.165, 1.54) is 24.1 Å². The van der Waals surface area contributed by atoms with E-state index in [2.05, 4.69) is 20.7 Å². The Labute approximate surface area is 134 Å². The summed E-state index contributed by atoms with van der Waals surface area (Å²) >= 11 is 5.82. The zero-order chi connectivity index (χ0) is 14.4. The second-order valence-electron chi connectivity index (χ2n) is 3.83. The van der Waals surface area contributed by atoms with E-state index in [9.17, 15) is 4.39 Å². The summed E-state index contributed by atoms with van der Waals surface area (Å²) in [6.07, 6.45) is 1.99. The van der Waals surface area contributed by atoms with E-state index >= 15 is 0 Å². The van der Waals surface area contributed by atoms with Crippen LogP contribution in [-0.2, 0) is 0 Å². The SMILES string of the molecule is NSc1cc(F)ccc1NS/C=C/c1ccc(Br)cc1. The van der Waals surface area contributed by atoms with Crippen LogP contribution in [0.4, 0.5) is 10.1 Å². The van der Waals surface area contributed by atoms with Gasteiger partial charge in [0.15, 0.2) is 0 Å². The maximum atomic E-state index is 13.1. The number of rotatable bonds is 5. The Morgan fingerprint density at radius 1 is 1.15 bits per heavy atom. The van der Waals surface area contributed by atoms with Crippen LogP contribution in [0, 0.1) is 5.82 Å². The molecule has 0 heterocycles. The van der Waals surface area contributed by atoms with E-state index in [0.29, 0.717) is 4.90 Å². The molecule has 2 aromatic rings. The molecule has 2 aromatic carbocycles. The number of benzene rings is 2. The minimum Gasteiger partial charge on any atom is -0.325 e. The van der Waals surface area contributed by atoms with Gasteiger partial charge in [-0.25, -0.2) is 4.39 Å². The number of hydrogen-bond donors (Lipinski definition) is 2. The van der Waals surface area contributed by atoms with Gasteiger partial charge in [-0.1, -0.05) is 28.1 Å². The third kappa shape index (κ3) is 4.56. The zero-order valence-corrected chi connectivity index (χ0v) is 13.6. The molecule has 6 heteroatoms. The lowest BCUT2D eigenvalue weighted by atomic mass is 10.2. The molecule has 0 saturated carbocycles. The van der Waals surface area contributed by atoms with Crippen LogP contribution in [-0.4, -0.2) is 0 Å². The quantitative estimate of drug-likeness (QED) is 0.701. The van der Waals surface area contributed by atoms with Gasteiger partial charge in [0.25, 0.3) is 0 Å². The number of hydrogen-bond acceptors (Lipinski definition) is 4. The van der Waals surface area contributed by atoms with Crippen LogP contribution in [0.3, 0.4) is 0 Å². The molecule has 0 aliphatic heterocycles. The Hall–Kier alpha value is -0.950. The Morgan fingerprint density at radius 3 is 2.60 bits per heavy atom. The summed E-state index contributed by atoms with van der Waals surface area (Å²) < 4.78 is 17.2. The Kier molecular flexibility index (Phi) is 5.97. The van der Waals surface area contributed by atoms with E-state index in [4.69, 9.17) is 5.14 Å². The summed E-state index contributed by atoms with van der Waals surface area (Å²) in [6, 6.07) is 12.5. The highest BCUT2D eigenvalue weighted by atomic mass is 79.9. The lowest BCUT2D eigenvalue weighted by molar-refractivity contribution is 0.624. The average Bonchev–Trinajstić information content (AvgIpc) is 2.46. The summed E-state index contributed by atoms with van der Waals surface area (Å²) in [5.74, 6) is -0.293. The van der Waals surface area contributed by atoms with Crippen molar-refractivity contribution in [1.82, 2.24) is 0 Å². The molecule has 0 unspecified atom stereocenters. The second-order valence-corrected chi connectivity index (χ2v) is 6.14. The van der Waals surface area contributed by atoms with Crippen LogP contribution >= 0.6 is 39.8 Å². The summed E-state index contributed by atoms with van der Waals surface area (Å²) in [5, 5.41) is 7.44. The second kappa shape index (κ2) is 7.73. The lowest BCUT2D eigenvalue weighted by Crippen LogP contribution is -1.91. The summed E-state index contributed by atoms with van der Waals surface area (Å²) in [5.41, 5.74) is 1.90. The van der Waals surface area contributed by atoms with Crippen molar-refractivity contribution >= 4 is 51.6 Å². The van der Waals surface area contributed by atoms with Gasteiger partial charge in [-0.3, -0.25) is 5.14 Å². The van der Waals surface area contributed by atoms with Gasteiger partial charge in [0.05, 0.1) is 5.69 Å². The molecule has 104 valence electrons. The molecule has 0 radical (unpaired) electrons. The fourth-order valence-electron chi connectivity index (χ4n) is 1.46. The van der Waals surface area contributed by atoms with Gasteiger partial charge in [-0.05, 0) is 71.3 Å². The molecule has 0 amide bonds. The summed E-state index contributed by atoms with van der Waals surface area (Å²) in [4.78, 5) is 0.676. The number of anilines is 1. The van der Waals surface area contributed by atoms with Gasteiger partial charge >= 0.3 is 0 Å². The van der Waals surface area contributed by atoms with Gasteiger partial charge in [-0.15, -0.1) is 0 Å². The molecule has 0 aromatic heterocycles. The maximum absolute atomic E-state index is 13.1. The van der Waals surface area contributed by atoms with Gasteiger partial charge in [0, 0.05) is 9.37 Å². The third-order valence-electron chi connectivity index (χ3n) is 2.44. The molecule has 20 heavy (non-hydrogen) atoms. The highest BCUT2D eigenvalue weighted by Gasteiger charge is 2.02. The molecule has 0 aliphatic carbocycles.